The molecule has 2 aromatic carbocycles. The molecule has 1 atom stereocenters. The zero-order chi connectivity index (χ0) is 23.7. The van der Waals surface area contributed by atoms with E-state index in [0.29, 0.717) is 5.82 Å². The molecule has 2 N–H and O–H groups in total. The van der Waals surface area contributed by atoms with Crippen molar-refractivity contribution in [3.8, 4) is 0 Å². The highest BCUT2D eigenvalue weighted by Gasteiger charge is 2.31. The SMILES string of the molecule is CN1CC(C(=O)NCc2ccc(F)cc2)Cc2c1[nH]c(=O)n(Cc1ccc(F)c(F)c1)c2=O. The molecule has 172 valence electrons. The summed E-state index contributed by atoms with van der Waals surface area (Å²) in [7, 11) is 1.66. The number of hydrogen-bond donors (Lipinski definition) is 2. The van der Waals surface area contributed by atoms with Gasteiger partial charge in [-0.15, -0.1) is 0 Å². The van der Waals surface area contributed by atoms with Gasteiger partial charge in [0.15, 0.2) is 11.6 Å². The maximum Gasteiger partial charge on any atom is 0.330 e. The van der Waals surface area contributed by atoms with Crippen molar-refractivity contribution in [3.05, 3.63) is 97.4 Å². The number of H-pyrrole nitrogens is 1. The second kappa shape index (κ2) is 8.97. The predicted octanol–water partition coefficient (Wildman–Crippen LogP) is 1.93. The van der Waals surface area contributed by atoms with E-state index >= 15 is 0 Å². The Balaban J connectivity index is 1.56. The number of nitrogens with zero attached hydrogens (tertiary/aromatic N) is 2. The smallest absolute Gasteiger partial charge is 0.330 e. The van der Waals surface area contributed by atoms with Gasteiger partial charge in [0.1, 0.15) is 11.6 Å². The van der Waals surface area contributed by atoms with Gasteiger partial charge in [-0.3, -0.25) is 19.1 Å². The van der Waals surface area contributed by atoms with Gasteiger partial charge in [0.25, 0.3) is 5.56 Å². The molecule has 1 unspecified atom stereocenters. The van der Waals surface area contributed by atoms with E-state index in [1.54, 1.807) is 24.1 Å². The highest BCUT2D eigenvalue weighted by atomic mass is 19.2. The van der Waals surface area contributed by atoms with Crippen LogP contribution in [0.1, 0.15) is 16.7 Å². The third-order valence-corrected chi connectivity index (χ3v) is 5.66. The van der Waals surface area contributed by atoms with E-state index in [1.165, 1.54) is 18.2 Å². The molecule has 4 rings (SSSR count). The molecule has 3 aromatic rings. The standard InChI is InChI=1S/C23H21F3N4O3/c1-29-12-15(21(31)27-10-13-2-5-16(24)6-3-13)9-17-20(29)28-23(33)30(22(17)32)11-14-4-7-18(25)19(26)8-14/h2-8,15H,9-12H2,1H3,(H,27,31)(H,28,33). The largest absolute Gasteiger partial charge is 0.360 e. The Morgan fingerprint density at radius 3 is 2.45 bits per heavy atom. The molecule has 0 radical (unpaired) electrons. The molecule has 10 heteroatoms. The molecule has 0 saturated carbocycles. The number of aromatic amines is 1. The fraction of sp³-hybridized carbons (Fsp3) is 0.261. The predicted molar refractivity (Wildman–Crippen MR) is 115 cm³/mol. The van der Waals surface area contributed by atoms with Gasteiger partial charge < -0.3 is 10.2 Å². The normalized spacial score (nSPS) is 15.3. The summed E-state index contributed by atoms with van der Waals surface area (Å²) in [5, 5.41) is 2.79. The van der Waals surface area contributed by atoms with E-state index < -0.39 is 28.8 Å². The number of carbonyl (C=O) groups excluding carboxylic acids is 1. The van der Waals surface area contributed by atoms with Crippen LogP contribution in [0.4, 0.5) is 19.0 Å². The van der Waals surface area contributed by atoms with Gasteiger partial charge in [0.2, 0.25) is 5.91 Å². The minimum atomic E-state index is -1.08. The van der Waals surface area contributed by atoms with Crippen molar-refractivity contribution in [2.45, 2.75) is 19.5 Å². The quantitative estimate of drug-likeness (QED) is 0.612. The second-order valence-electron chi connectivity index (χ2n) is 8.02. The van der Waals surface area contributed by atoms with Gasteiger partial charge in [-0.2, -0.15) is 0 Å². The van der Waals surface area contributed by atoms with Crippen LogP contribution in [0.15, 0.2) is 52.1 Å². The highest BCUT2D eigenvalue weighted by molar-refractivity contribution is 5.80. The number of benzene rings is 2. The van der Waals surface area contributed by atoms with Crippen LogP contribution in [0, 0.1) is 23.4 Å². The lowest BCUT2D eigenvalue weighted by Gasteiger charge is -2.32. The lowest BCUT2D eigenvalue weighted by molar-refractivity contribution is -0.125. The summed E-state index contributed by atoms with van der Waals surface area (Å²) >= 11 is 0. The fourth-order valence-corrected chi connectivity index (χ4v) is 3.92. The molecule has 1 aliphatic heterocycles. The molecule has 1 aromatic heterocycles. The van der Waals surface area contributed by atoms with Crippen LogP contribution >= 0.6 is 0 Å². The Morgan fingerprint density at radius 1 is 1.06 bits per heavy atom. The van der Waals surface area contributed by atoms with E-state index in [-0.39, 0.29) is 48.9 Å². The summed E-state index contributed by atoms with van der Waals surface area (Å²) in [4.78, 5) is 42.6. The van der Waals surface area contributed by atoms with E-state index in [1.807, 2.05) is 0 Å². The van der Waals surface area contributed by atoms with Gasteiger partial charge in [-0.05, 0) is 41.8 Å². The van der Waals surface area contributed by atoms with Crippen molar-refractivity contribution in [2.24, 2.45) is 5.92 Å². The summed E-state index contributed by atoms with van der Waals surface area (Å²) in [6.07, 6.45) is 0.0995. The van der Waals surface area contributed by atoms with E-state index in [9.17, 15) is 27.6 Å². The lowest BCUT2D eigenvalue weighted by atomic mass is 9.94. The average molecular weight is 458 g/mol. The summed E-state index contributed by atoms with van der Waals surface area (Å²) in [5.41, 5.74) is -0.0458. The van der Waals surface area contributed by atoms with Crippen LogP contribution < -0.4 is 21.5 Å². The van der Waals surface area contributed by atoms with Gasteiger partial charge >= 0.3 is 5.69 Å². The number of anilines is 1. The summed E-state index contributed by atoms with van der Waals surface area (Å²) < 4.78 is 40.7. The van der Waals surface area contributed by atoms with Crippen LogP contribution in [0.3, 0.4) is 0 Å². The molecule has 2 heterocycles. The number of carbonyl (C=O) groups is 1. The van der Waals surface area contributed by atoms with Crippen molar-refractivity contribution in [2.75, 3.05) is 18.5 Å². The van der Waals surface area contributed by atoms with Crippen molar-refractivity contribution in [1.29, 1.82) is 0 Å². The van der Waals surface area contributed by atoms with Crippen molar-refractivity contribution in [1.82, 2.24) is 14.9 Å². The Morgan fingerprint density at radius 2 is 1.76 bits per heavy atom. The number of hydrogen-bond acceptors (Lipinski definition) is 4. The van der Waals surface area contributed by atoms with Crippen LogP contribution in [-0.2, 0) is 24.3 Å². The van der Waals surface area contributed by atoms with Crippen molar-refractivity contribution in [3.63, 3.8) is 0 Å². The first kappa shape index (κ1) is 22.4. The third-order valence-electron chi connectivity index (χ3n) is 5.66. The maximum absolute atomic E-state index is 13.5. The average Bonchev–Trinajstić information content (AvgIpc) is 2.79. The number of amides is 1. The molecule has 0 saturated heterocycles. The van der Waals surface area contributed by atoms with E-state index in [0.717, 1.165) is 22.3 Å². The third kappa shape index (κ3) is 4.69. The molecule has 33 heavy (non-hydrogen) atoms. The molecule has 0 fully saturated rings. The monoisotopic (exact) mass is 458 g/mol. The molecular formula is C23H21F3N4O3. The van der Waals surface area contributed by atoms with Crippen LogP contribution in [-0.4, -0.2) is 29.1 Å². The molecule has 1 amide bonds. The van der Waals surface area contributed by atoms with E-state index in [4.69, 9.17) is 0 Å². The molecule has 1 aliphatic rings. The number of fused-ring (bicyclic) bond motifs is 1. The topological polar surface area (TPSA) is 87.2 Å². The van der Waals surface area contributed by atoms with Crippen LogP contribution in [0.2, 0.25) is 0 Å². The fourth-order valence-electron chi connectivity index (χ4n) is 3.92. The number of nitrogens with one attached hydrogen (secondary N) is 2. The summed E-state index contributed by atoms with van der Waals surface area (Å²) in [6, 6.07) is 8.90. The van der Waals surface area contributed by atoms with Gasteiger partial charge in [-0.25, -0.2) is 18.0 Å². The zero-order valence-electron chi connectivity index (χ0n) is 17.7. The molecule has 0 spiro atoms. The molecular weight excluding hydrogens is 437 g/mol. The van der Waals surface area contributed by atoms with Gasteiger partial charge in [0.05, 0.1) is 18.0 Å². The van der Waals surface area contributed by atoms with Crippen molar-refractivity contribution < 1.29 is 18.0 Å². The maximum atomic E-state index is 13.5. The Hall–Kier alpha value is -3.82. The van der Waals surface area contributed by atoms with Crippen LogP contribution in [0.5, 0.6) is 0 Å². The first-order valence-electron chi connectivity index (χ1n) is 10.3. The highest BCUT2D eigenvalue weighted by Crippen LogP contribution is 2.23. The lowest BCUT2D eigenvalue weighted by Crippen LogP contribution is -2.48. The summed E-state index contributed by atoms with van der Waals surface area (Å²) in [6.45, 7) is 0.243. The first-order valence-corrected chi connectivity index (χ1v) is 10.3. The van der Waals surface area contributed by atoms with Gasteiger partial charge in [-0.1, -0.05) is 18.2 Å². The Kier molecular flexibility index (Phi) is 6.08. The molecule has 0 bridgehead atoms. The number of aromatic nitrogens is 2. The minimum absolute atomic E-state index is 0.0995. The molecule has 0 aliphatic carbocycles. The summed E-state index contributed by atoms with van der Waals surface area (Å²) in [5.74, 6) is -2.99. The first-order chi connectivity index (χ1) is 15.7. The number of halogens is 3. The zero-order valence-corrected chi connectivity index (χ0v) is 17.7. The van der Waals surface area contributed by atoms with Crippen molar-refractivity contribution >= 4 is 11.7 Å². The number of rotatable bonds is 5. The van der Waals surface area contributed by atoms with Gasteiger partial charge in [0, 0.05) is 20.1 Å². The van der Waals surface area contributed by atoms with E-state index in [2.05, 4.69) is 10.3 Å². The molecule has 7 nitrogen and oxygen atoms in total. The van der Waals surface area contributed by atoms with Crippen LogP contribution in [0.25, 0.3) is 0 Å². The Bertz CT molecular complexity index is 1320. The minimum Gasteiger partial charge on any atom is -0.360 e. The second-order valence-corrected chi connectivity index (χ2v) is 8.02. The Labute approximate surface area is 186 Å².